The molecule has 0 aromatic heterocycles. The van der Waals surface area contributed by atoms with E-state index in [2.05, 4.69) is 0 Å². The van der Waals surface area contributed by atoms with E-state index in [0.29, 0.717) is 12.0 Å². The Morgan fingerprint density at radius 2 is 2.26 bits per heavy atom. The number of aliphatic hydroxyl groups excluding tert-OH is 1. The van der Waals surface area contributed by atoms with Gasteiger partial charge in [0.05, 0.1) is 7.11 Å². The van der Waals surface area contributed by atoms with E-state index < -0.39 is 17.2 Å². The molecular weight excluding hydrogens is 249 g/mol. The summed E-state index contributed by atoms with van der Waals surface area (Å²) >= 11 is 0. The monoisotopic (exact) mass is 269 g/mol. The Hall–Kier alpha value is -1.46. The number of halogens is 1. The maximum atomic E-state index is 13.4. The standard InChI is InChI=1S/C14H20FNO3/c1-10(8-17)7-14(9-16,13(18)19-2)11-4-3-5-12(15)6-11/h3-6,10,17H,7-9,16H2,1-2H3. The molecule has 0 heterocycles. The van der Waals surface area contributed by atoms with Crippen LogP contribution >= 0.6 is 0 Å². The molecule has 5 heteroatoms. The Kier molecular flexibility index (Phi) is 5.44. The molecule has 106 valence electrons. The van der Waals surface area contributed by atoms with E-state index in [0.717, 1.165) is 0 Å². The van der Waals surface area contributed by atoms with E-state index in [4.69, 9.17) is 10.5 Å². The lowest BCUT2D eigenvalue weighted by Crippen LogP contribution is -2.45. The van der Waals surface area contributed by atoms with Gasteiger partial charge in [-0.1, -0.05) is 19.1 Å². The van der Waals surface area contributed by atoms with Crippen molar-refractivity contribution in [2.45, 2.75) is 18.8 Å². The average Bonchev–Trinajstić information content (AvgIpc) is 2.43. The van der Waals surface area contributed by atoms with E-state index in [1.807, 2.05) is 0 Å². The van der Waals surface area contributed by atoms with Gasteiger partial charge in [0.1, 0.15) is 11.2 Å². The number of carbonyl (C=O) groups excluding carboxylic acids is 1. The molecule has 2 unspecified atom stereocenters. The Morgan fingerprint density at radius 3 is 2.74 bits per heavy atom. The van der Waals surface area contributed by atoms with Gasteiger partial charge in [0.2, 0.25) is 0 Å². The van der Waals surface area contributed by atoms with Crippen LogP contribution < -0.4 is 5.73 Å². The zero-order valence-corrected chi connectivity index (χ0v) is 11.2. The van der Waals surface area contributed by atoms with E-state index in [1.165, 1.54) is 25.3 Å². The number of nitrogens with two attached hydrogens (primary N) is 1. The summed E-state index contributed by atoms with van der Waals surface area (Å²) in [5.41, 5.74) is 5.11. The molecule has 0 bridgehead atoms. The molecule has 4 nitrogen and oxygen atoms in total. The molecule has 0 aliphatic rings. The fraction of sp³-hybridized carbons (Fsp3) is 0.500. The predicted octanol–water partition coefficient (Wildman–Crippen LogP) is 1.21. The van der Waals surface area contributed by atoms with Crippen molar-refractivity contribution in [3.63, 3.8) is 0 Å². The SMILES string of the molecule is COC(=O)C(CN)(CC(C)CO)c1cccc(F)c1. The first-order chi connectivity index (χ1) is 9.00. The second kappa shape index (κ2) is 6.63. The second-order valence-electron chi connectivity index (χ2n) is 4.78. The molecule has 19 heavy (non-hydrogen) atoms. The van der Waals surface area contributed by atoms with Crippen molar-refractivity contribution >= 4 is 5.97 Å². The van der Waals surface area contributed by atoms with Gasteiger partial charge < -0.3 is 15.6 Å². The quantitative estimate of drug-likeness (QED) is 0.761. The third-order valence-corrected chi connectivity index (χ3v) is 3.31. The van der Waals surface area contributed by atoms with Crippen LogP contribution in [0, 0.1) is 11.7 Å². The first-order valence-electron chi connectivity index (χ1n) is 6.15. The van der Waals surface area contributed by atoms with Gasteiger partial charge in [0.15, 0.2) is 0 Å². The lowest BCUT2D eigenvalue weighted by molar-refractivity contribution is -0.148. The predicted molar refractivity (Wildman–Crippen MR) is 70.0 cm³/mol. The van der Waals surface area contributed by atoms with Gasteiger partial charge in [-0.3, -0.25) is 4.79 Å². The van der Waals surface area contributed by atoms with Gasteiger partial charge in [-0.2, -0.15) is 0 Å². The summed E-state index contributed by atoms with van der Waals surface area (Å²) in [6, 6.07) is 5.77. The number of carbonyl (C=O) groups is 1. The Labute approximate surface area is 112 Å². The maximum Gasteiger partial charge on any atom is 0.317 e. The van der Waals surface area contributed by atoms with Crippen molar-refractivity contribution in [3.05, 3.63) is 35.6 Å². The molecule has 0 aliphatic heterocycles. The molecule has 0 saturated carbocycles. The van der Waals surface area contributed by atoms with Crippen molar-refractivity contribution in [1.29, 1.82) is 0 Å². The van der Waals surface area contributed by atoms with Crippen LogP contribution in [0.15, 0.2) is 24.3 Å². The zero-order chi connectivity index (χ0) is 14.5. The Balaban J connectivity index is 3.27. The minimum atomic E-state index is -1.13. The fourth-order valence-electron chi connectivity index (χ4n) is 2.24. The van der Waals surface area contributed by atoms with Gasteiger partial charge in [-0.25, -0.2) is 4.39 Å². The number of benzene rings is 1. The lowest BCUT2D eigenvalue weighted by Gasteiger charge is -2.32. The highest BCUT2D eigenvalue weighted by Gasteiger charge is 2.41. The van der Waals surface area contributed by atoms with Crippen LogP contribution in [0.1, 0.15) is 18.9 Å². The average molecular weight is 269 g/mol. The zero-order valence-electron chi connectivity index (χ0n) is 11.2. The number of aliphatic hydroxyl groups is 1. The maximum absolute atomic E-state index is 13.4. The third-order valence-electron chi connectivity index (χ3n) is 3.31. The molecule has 0 aliphatic carbocycles. The molecule has 0 radical (unpaired) electrons. The lowest BCUT2D eigenvalue weighted by atomic mass is 9.74. The minimum Gasteiger partial charge on any atom is -0.468 e. The number of esters is 1. The second-order valence-corrected chi connectivity index (χ2v) is 4.78. The van der Waals surface area contributed by atoms with Gasteiger partial charge in [-0.15, -0.1) is 0 Å². The van der Waals surface area contributed by atoms with Crippen LogP contribution in [-0.4, -0.2) is 31.3 Å². The smallest absolute Gasteiger partial charge is 0.317 e. The normalized spacial score (nSPS) is 15.6. The summed E-state index contributed by atoms with van der Waals surface area (Å²) in [7, 11) is 1.27. The van der Waals surface area contributed by atoms with Crippen LogP contribution in [0.2, 0.25) is 0 Å². The fourth-order valence-corrected chi connectivity index (χ4v) is 2.24. The summed E-state index contributed by atoms with van der Waals surface area (Å²) in [5.74, 6) is -1.09. The number of hydrogen-bond donors (Lipinski definition) is 2. The molecule has 2 atom stereocenters. The van der Waals surface area contributed by atoms with Crippen LogP contribution in [0.4, 0.5) is 4.39 Å². The minimum absolute atomic E-state index is 0.00648. The van der Waals surface area contributed by atoms with E-state index in [-0.39, 0.29) is 19.1 Å². The van der Waals surface area contributed by atoms with E-state index in [1.54, 1.807) is 13.0 Å². The van der Waals surface area contributed by atoms with Crippen molar-refractivity contribution in [1.82, 2.24) is 0 Å². The van der Waals surface area contributed by atoms with Crippen molar-refractivity contribution in [3.8, 4) is 0 Å². The van der Waals surface area contributed by atoms with E-state index >= 15 is 0 Å². The Bertz CT molecular complexity index is 438. The van der Waals surface area contributed by atoms with Gasteiger partial charge >= 0.3 is 5.97 Å². The number of ether oxygens (including phenoxy) is 1. The Morgan fingerprint density at radius 1 is 1.58 bits per heavy atom. The van der Waals surface area contributed by atoms with Crippen molar-refractivity contribution in [2.24, 2.45) is 11.7 Å². The molecule has 0 amide bonds. The molecular formula is C14H20FNO3. The van der Waals surface area contributed by atoms with Crippen LogP contribution in [0.3, 0.4) is 0 Å². The number of rotatable bonds is 6. The van der Waals surface area contributed by atoms with Crippen LogP contribution in [0.25, 0.3) is 0 Å². The molecule has 1 rings (SSSR count). The molecule has 1 aromatic carbocycles. The van der Waals surface area contributed by atoms with E-state index in [9.17, 15) is 14.3 Å². The molecule has 1 aromatic rings. The van der Waals surface area contributed by atoms with Crippen LogP contribution in [0.5, 0.6) is 0 Å². The first-order valence-corrected chi connectivity index (χ1v) is 6.15. The molecule has 0 spiro atoms. The summed E-state index contributed by atoms with van der Waals surface area (Å²) in [6.45, 7) is 1.72. The van der Waals surface area contributed by atoms with Crippen molar-refractivity contribution in [2.75, 3.05) is 20.3 Å². The number of hydrogen-bond acceptors (Lipinski definition) is 4. The largest absolute Gasteiger partial charge is 0.468 e. The van der Waals surface area contributed by atoms with Crippen molar-refractivity contribution < 1.29 is 19.0 Å². The highest BCUT2D eigenvalue weighted by molar-refractivity contribution is 5.83. The topological polar surface area (TPSA) is 72.5 Å². The molecule has 3 N–H and O–H groups in total. The van der Waals surface area contributed by atoms with Gasteiger partial charge in [0.25, 0.3) is 0 Å². The summed E-state index contributed by atoms with van der Waals surface area (Å²) in [5, 5.41) is 9.18. The highest BCUT2D eigenvalue weighted by Crippen LogP contribution is 2.32. The highest BCUT2D eigenvalue weighted by atomic mass is 19.1. The van der Waals surface area contributed by atoms with Crippen LogP contribution in [-0.2, 0) is 14.9 Å². The molecule has 0 saturated heterocycles. The van der Waals surface area contributed by atoms with Gasteiger partial charge in [0, 0.05) is 13.2 Å². The third kappa shape index (κ3) is 3.30. The van der Waals surface area contributed by atoms with Gasteiger partial charge in [-0.05, 0) is 30.0 Å². The summed E-state index contributed by atoms with van der Waals surface area (Å²) in [4.78, 5) is 12.1. The summed E-state index contributed by atoms with van der Waals surface area (Å²) in [6.07, 6.45) is 0.302. The number of methoxy groups -OCH3 is 1. The summed E-state index contributed by atoms with van der Waals surface area (Å²) < 4.78 is 18.2. The molecule has 0 fully saturated rings. The first kappa shape index (κ1) is 15.6.